The number of benzene rings is 1. The van der Waals surface area contributed by atoms with Crippen LogP contribution in [0.1, 0.15) is 25.7 Å². The van der Waals surface area contributed by atoms with Gasteiger partial charge in [0.25, 0.3) is 0 Å². The summed E-state index contributed by atoms with van der Waals surface area (Å²) in [4.78, 5) is 23.1. The van der Waals surface area contributed by atoms with Crippen molar-refractivity contribution in [2.75, 3.05) is 5.32 Å². The molecule has 0 saturated heterocycles. The normalized spacial score (nSPS) is 22.8. The molecule has 1 aliphatic rings. The van der Waals surface area contributed by atoms with Gasteiger partial charge in [-0.1, -0.05) is 24.1 Å². The molecule has 1 aromatic rings. The summed E-state index contributed by atoms with van der Waals surface area (Å²) < 4.78 is 0. The van der Waals surface area contributed by atoms with Gasteiger partial charge in [0.2, 0.25) is 5.91 Å². The molecule has 0 bridgehead atoms. The summed E-state index contributed by atoms with van der Waals surface area (Å²) in [5, 5.41) is 12.4. The largest absolute Gasteiger partial charge is 0.481 e. The molecule has 5 heteroatoms. The second kappa shape index (κ2) is 6.06. The van der Waals surface area contributed by atoms with Crippen molar-refractivity contribution < 1.29 is 14.7 Å². The third-order valence-electron chi connectivity index (χ3n) is 3.49. The Kier molecular flexibility index (Phi) is 4.43. The number of hydrogen-bond acceptors (Lipinski definition) is 2. The van der Waals surface area contributed by atoms with Crippen LogP contribution in [0.3, 0.4) is 0 Å². The minimum absolute atomic E-state index is 0.117. The third-order valence-corrected chi connectivity index (χ3v) is 3.72. The van der Waals surface area contributed by atoms with E-state index in [2.05, 4.69) is 5.32 Å². The predicted molar refractivity (Wildman–Crippen MR) is 73.2 cm³/mol. The highest BCUT2D eigenvalue weighted by Gasteiger charge is 2.30. The zero-order chi connectivity index (χ0) is 13.8. The first kappa shape index (κ1) is 13.9. The van der Waals surface area contributed by atoms with Crippen LogP contribution in [0.4, 0.5) is 5.69 Å². The fourth-order valence-corrected chi connectivity index (χ4v) is 2.65. The zero-order valence-electron chi connectivity index (χ0n) is 10.4. The minimum Gasteiger partial charge on any atom is -0.481 e. The van der Waals surface area contributed by atoms with E-state index in [1.807, 2.05) is 0 Å². The van der Waals surface area contributed by atoms with E-state index in [0.29, 0.717) is 23.6 Å². The summed E-state index contributed by atoms with van der Waals surface area (Å²) in [6, 6.07) is 6.94. The summed E-state index contributed by atoms with van der Waals surface area (Å²) in [7, 11) is 0. The van der Waals surface area contributed by atoms with Crippen LogP contribution < -0.4 is 5.32 Å². The summed E-state index contributed by atoms with van der Waals surface area (Å²) in [6.07, 6.45) is 2.61. The Hall–Kier alpha value is -1.55. The van der Waals surface area contributed by atoms with Crippen LogP contribution in [0.2, 0.25) is 5.02 Å². The van der Waals surface area contributed by atoms with Gasteiger partial charge in [-0.3, -0.25) is 9.59 Å². The van der Waals surface area contributed by atoms with Crippen LogP contribution in [-0.4, -0.2) is 17.0 Å². The van der Waals surface area contributed by atoms with E-state index in [9.17, 15) is 9.59 Å². The van der Waals surface area contributed by atoms with E-state index in [-0.39, 0.29) is 11.8 Å². The number of anilines is 1. The van der Waals surface area contributed by atoms with E-state index in [1.54, 1.807) is 24.3 Å². The Morgan fingerprint density at radius 2 is 2.00 bits per heavy atom. The predicted octanol–water partition coefficient (Wildman–Crippen LogP) is 3.17. The number of nitrogens with one attached hydrogen (secondary N) is 1. The molecule has 1 aromatic carbocycles. The molecule has 2 unspecified atom stereocenters. The Labute approximate surface area is 116 Å². The molecule has 1 amide bonds. The Bertz CT molecular complexity index is 489. The third kappa shape index (κ3) is 3.70. The van der Waals surface area contributed by atoms with Gasteiger partial charge in [0.05, 0.1) is 5.92 Å². The van der Waals surface area contributed by atoms with Crippen molar-refractivity contribution in [3.63, 3.8) is 0 Å². The number of carbonyl (C=O) groups is 2. The van der Waals surface area contributed by atoms with E-state index >= 15 is 0 Å². The molecule has 1 saturated carbocycles. The summed E-state index contributed by atoms with van der Waals surface area (Å²) >= 11 is 5.85. The van der Waals surface area contributed by atoms with Crippen LogP contribution >= 0.6 is 11.6 Å². The number of carboxylic acid groups (broad SMARTS) is 1. The molecule has 2 atom stereocenters. The fourth-order valence-electron chi connectivity index (χ4n) is 2.46. The molecule has 0 radical (unpaired) electrons. The highest BCUT2D eigenvalue weighted by Crippen LogP contribution is 2.30. The molecule has 0 aliphatic heterocycles. The van der Waals surface area contributed by atoms with Gasteiger partial charge in [-0.15, -0.1) is 0 Å². The molecule has 19 heavy (non-hydrogen) atoms. The van der Waals surface area contributed by atoms with Crippen molar-refractivity contribution >= 4 is 29.2 Å². The van der Waals surface area contributed by atoms with Gasteiger partial charge in [-0.2, -0.15) is 0 Å². The van der Waals surface area contributed by atoms with Gasteiger partial charge in [-0.25, -0.2) is 0 Å². The van der Waals surface area contributed by atoms with Crippen LogP contribution in [0.25, 0.3) is 0 Å². The lowest BCUT2D eigenvalue weighted by atomic mass is 9.81. The molecular weight excluding hydrogens is 266 g/mol. The van der Waals surface area contributed by atoms with Crippen molar-refractivity contribution in [2.45, 2.75) is 25.7 Å². The molecule has 1 aliphatic carbocycles. The second-order valence-electron chi connectivity index (χ2n) is 4.90. The van der Waals surface area contributed by atoms with E-state index in [0.717, 1.165) is 12.8 Å². The number of aliphatic carboxylic acids is 1. The average molecular weight is 282 g/mol. The summed E-state index contributed by atoms with van der Waals surface area (Å²) in [5.41, 5.74) is 0.648. The number of rotatable bonds is 3. The van der Waals surface area contributed by atoms with E-state index in [1.165, 1.54) is 0 Å². The molecule has 4 nitrogen and oxygen atoms in total. The number of hydrogen-bond donors (Lipinski definition) is 2. The lowest BCUT2D eigenvalue weighted by molar-refractivity contribution is -0.143. The first-order valence-corrected chi connectivity index (χ1v) is 6.73. The first-order chi connectivity index (χ1) is 9.06. The van der Waals surface area contributed by atoms with E-state index in [4.69, 9.17) is 16.7 Å². The van der Waals surface area contributed by atoms with Crippen molar-refractivity contribution in [1.82, 2.24) is 0 Å². The molecule has 2 rings (SSSR count). The van der Waals surface area contributed by atoms with Gasteiger partial charge in [0.15, 0.2) is 0 Å². The number of amides is 1. The quantitative estimate of drug-likeness (QED) is 0.894. The fraction of sp³-hybridized carbons (Fsp3) is 0.429. The molecule has 102 valence electrons. The smallest absolute Gasteiger partial charge is 0.306 e. The number of carboxylic acids is 1. The van der Waals surface area contributed by atoms with Gasteiger partial charge < -0.3 is 10.4 Å². The Balaban J connectivity index is 1.98. The summed E-state index contributed by atoms with van der Waals surface area (Å²) in [5.74, 6) is -1.55. The summed E-state index contributed by atoms with van der Waals surface area (Å²) in [6.45, 7) is 0. The Morgan fingerprint density at radius 1 is 1.26 bits per heavy atom. The maximum absolute atomic E-state index is 12.1. The molecule has 2 N–H and O–H groups in total. The molecule has 0 aromatic heterocycles. The van der Waals surface area contributed by atoms with Crippen molar-refractivity contribution in [3.05, 3.63) is 29.3 Å². The van der Waals surface area contributed by atoms with Gasteiger partial charge in [0.1, 0.15) is 0 Å². The maximum Gasteiger partial charge on any atom is 0.306 e. The maximum atomic E-state index is 12.1. The lowest BCUT2D eigenvalue weighted by Gasteiger charge is -2.25. The van der Waals surface area contributed by atoms with Crippen LogP contribution in [0.5, 0.6) is 0 Å². The Morgan fingerprint density at radius 3 is 2.68 bits per heavy atom. The minimum atomic E-state index is -0.805. The standard InChI is InChI=1S/C14H16ClNO3/c15-11-5-2-6-12(8-11)16-13(17)9-3-1-4-10(7-9)14(18)19/h2,5-6,8-10H,1,3-4,7H2,(H,16,17)(H,18,19). The van der Waals surface area contributed by atoms with Crippen molar-refractivity contribution in [2.24, 2.45) is 11.8 Å². The number of halogens is 1. The van der Waals surface area contributed by atoms with Crippen LogP contribution in [0.15, 0.2) is 24.3 Å². The average Bonchev–Trinajstić information content (AvgIpc) is 2.39. The van der Waals surface area contributed by atoms with Crippen LogP contribution in [0, 0.1) is 11.8 Å². The van der Waals surface area contributed by atoms with Crippen molar-refractivity contribution in [3.8, 4) is 0 Å². The highest BCUT2D eigenvalue weighted by molar-refractivity contribution is 6.30. The lowest BCUT2D eigenvalue weighted by Crippen LogP contribution is -2.30. The molecular formula is C14H16ClNO3. The van der Waals surface area contributed by atoms with Gasteiger partial charge in [-0.05, 0) is 37.5 Å². The van der Waals surface area contributed by atoms with Crippen molar-refractivity contribution in [1.29, 1.82) is 0 Å². The molecule has 0 heterocycles. The number of carbonyl (C=O) groups excluding carboxylic acids is 1. The zero-order valence-corrected chi connectivity index (χ0v) is 11.2. The first-order valence-electron chi connectivity index (χ1n) is 6.35. The monoisotopic (exact) mass is 281 g/mol. The second-order valence-corrected chi connectivity index (χ2v) is 5.33. The highest BCUT2D eigenvalue weighted by atomic mass is 35.5. The molecule has 0 spiro atoms. The topological polar surface area (TPSA) is 66.4 Å². The SMILES string of the molecule is O=C(O)C1CCCC(C(=O)Nc2cccc(Cl)c2)C1. The van der Waals surface area contributed by atoms with Gasteiger partial charge in [0, 0.05) is 16.6 Å². The molecule has 1 fully saturated rings. The van der Waals surface area contributed by atoms with Crippen LogP contribution in [-0.2, 0) is 9.59 Å². The van der Waals surface area contributed by atoms with E-state index < -0.39 is 11.9 Å². The van der Waals surface area contributed by atoms with Gasteiger partial charge >= 0.3 is 5.97 Å².